The van der Waals surface area contributed by atoms with Gasteiger partial charge in [-0.15, -0.1) is 0 Å². The number of hydrogen-bond donors (Lipinski definition) is 1. The van der Waals surface area contributed by atoms with E-state index in [1.54, 1.807) is 4.68 Å². The summed E-state index contributed by atoms with van der Waals surface area (Å²) in [4.78, 5) is 25.8. The number of carbonyl (C=O) groups excluding carboxylic acids is 1. The summed E-state index contributed by atoms with van der Waals surface area (Å²) in [5.41, 5.74) is 3.18. The molecule has 0 bridgehead atoms. The van der Waals surface area contributed by atoms with Crippen LogP contribution in [0.15, 0.2) is 30.5 Å². The minimum atomic E-state index is -0.938. The van der Waals surface area contributed by atoms with Crippen molar-refractivity contribution in [3.05, 3.63) is 47.3 Å². The average Bonchev–Trinajstić information content (AvgIpc) is 2.95. The number of carboxylic acid groups (broad SMARTS) is 1. The Kier molecular flexibility index (Phi) is 4.38. The standard InChI is InChI=1S/C18H21N3O3/c1-12-6-5-7-14(10-12)21-13(2)15(11-19-21)17(22)20-9-4-3-8-16(20)18(23)24/h5-7,10-11,16H,3-4,8-9H2,1-2H3,(H,23,24). The SMILES string of the molecule is Cc1cccc(-n2ncc(C(=O)N3CCCCC3C(=O)O)c2C)c1. The Morgan fingerprint density at radius 1 is 1.25 bits per heavy atom. The number of likely N-dealkylation sites (tertiary alicyclic amines) is 1. The summed E-state index contributed by atoms with van der Waals surface area (Å²) in [5, 5.41) is 13.7. The van der Waals surface area contributed by atoms with Crippen LogP contribution in [0.3, 0.4) is 0 Å². The Labute approximate surface area is 140 Å². The smallest absolute Gasteiger partial charge is 0.326 e. The summed E-state index contributed by atoms with van der Waals surface area (Å²) >= 11 is 0. The van der Waals surface area contributed by atoms with E-state index in [0.29, 0.717) is 18.5 Å². The zero-order valence-corrected chi connectivity index (χ0v) is 13.9. The largest absolute Gasteiger partial charge is 0.480 e. The minimum Gasteiger partial charge on any atom is -0.480 e. The molecule has 1 amide bonds. The molecule has 0 saturated carbocycles. The van der Waals surface area contributed by atoms with Crippen molar-refractivity contribution in [2.75, 3.05) is 6.54 Å². The van der Waals surface area contributed by atoms with Gasteiger partial charge in [-0.05, 0) is 50.8 Å². The van der Waals surface area contributed by atoms with Crippen LogP contribution in [0, 0.1) is 13.8 Å². The van der Waals surface area contributed by atoms with E-state index in [0.717, 1.165) is 29.8 Å². The fourth-order valence-electron chi connectivity index (χ4n) is 3.23. The third kappa shape index (κ3) is 2.91. The van der Waals surface area contributed by atoms with Crippen molar-refractivity contribution in [2.24, 2.45) is 0 Å². The second-order valence-corrected chi connectivity index (χ2v) is 6.24. The first kappa shape index (κ1) is 16.2. The molecule has 1 aromatic heterocycles. The summed E-state index contributed by atoms with van der Waals surface area (Å²) in [5.74, 6) is -1.19. The lowest BCUT2D eigenvalue weighted by molar-refractivity contribution is -0.143. The maximum absolute atomic E-state index is 12.9. The fraction of sp³-hybridized carbons (Fsp3) is 0.389. The lowest BCUT2D eigenvalue weighted by atomic mass is 10.0. The van der Waals surface area contributed by atoms with E-state index in [1.165, 1.54) is 11.1 Å². The molecular weight excluding hydrogens is 306 g/mol. The number of rotatable bonds is 3. The number of hydrogen-bond acceptors (Lipinski definition) is 3. The van der Waals surface area contributed by atoms with Crippen molar-refractivity contribution in [3.63, 3.8) is 0 Å². The van der Waals surface area contributed by atoms with Crippen LogP contribution < -0.4 is 0 Å². The molecular formula is C18H21N3O3. The molecule has 1 aliphatic heterocycles. The maximum Gasteiger partial charge on any atom is 0.326 e. The summed E-state index contributed by atoms with van der Waals surface area (Å²) in [6.07, 6.45) is 3.71. The molecule has 2 heterocycles. The molecule has 2 aromatic rings. The molecule has 0 spiro atoms. The summed E-state index contributed by atoms with van der Waals surface area (Å²) in [6, 6.07) is 7.13. The van der Waals surface area contributed by atoms with Crippen molar-refractivity contribution < 1.29 is 14.7 Å². The van der Waals surface area contributed by atoms with E-state index in [4.69, 9.17) is 0 Å². The molecule has 1 aromatic carbocycles. The van der Waals surface area contributed by atoms with Gasteiger partial charge in [-0.1, -0.05) is 12.1 Å². The molecule has 1 N–H and O–H groups in total. The quantitative estimate of drug-likeness (QED) is 0.940. The fourth-order valence-corrected chi connectivity index (χ4v) is 3.23. The van der Waals surface area contributed by atoms with Gasteiger partial charge in [-0.2, -0.15) is 5.10 Å². The first-order chi connectivity index (χ1) is 11.5. The molecule has 6 heteroatoms. The van der Waals surface area contributed by atoms with Gasteiger partial charge >= 0.3 is 5.97 Å². The number of benzene rings is 1. The normalized spacial score (nSPS) is 17.8. The third-order valence-corrected chi connectivity index (χ3v) is 4.54. The molecule has 1 aliphatic rings. The molecule has 6 nitrogen and oxygen atoms in total. The van der Waals surface area contributed by atoms with Gasteiger partial charge in [0.05, 0.1) is 23.1 Å². The van der Waals surface area contributed by atoms with E-state index in [2.05, 4.69) is 5.10 Å². The monoisotopic (exact) mass is 327 g/mol. The molecule has 1 fully saturated rings. The van der Waals surface area contributed by atoms with Gasteiger partial charge in [0.1, 0.15) is 6.04 Å². The Balaban J connectivity index is 1.92. The van der Waals surface area contributed by atoms with Gasteiger partial charge in [-0.25, -0.2) is 9.48 Å². The van der Waals surface area contributed by atoms with Crippen molar-refractivity contribution in [3.8, 4) is 5.69 Å². The van der Waals surface area contributed by atoms with E-state index in [-0.39, 0.29) is 5.91 Å². The Bertz CT molecular complexity index is 782. The number of aromatic nitrogens is 2. The second-order valence-electron chi connectivity index (χ2n) is 6.24. The highest BCUT2D eigenvalue weighted by molar-refractivity contribution is 5.97. The summed E-state index contributed by atoms with van der Waals surface area (Å²) < 4.78 is 1.72. The van der Waals surface area contributed by atoms with Crippen LogP contribution in [0.4, 0.5) is 0 Å². The van der Waals surface area contributed by atoms with Crippen LogP contribution in [0.25, 0.3) is 5.69 Å². The predicted molar refractivity (Wildman–Crippen MR) is 89.3 cm³/mol. The average molecular weight is 327 g/mol. The van der Waals surface area contributed by atoms with Crippen molar-refractivity contribution >= 4 is 11.9 Å². The van der Waals surface area contributed by atoms with Crippen LogP contribution in [-0.2, 0) is 4.79 Å². The maximum atomic E-state index is 12.9. The van der Waals surface area contributed by atoms with E-state index in [1.807, 2.05) is 38.1 Å². The summed E-state index contributed by atoms with van der Waals surface area (Å²) in [7, 11) is 0. The Morgan fingerprint density at radius 3 is 2.75 bits per heavy atom. The highest BCUT2D eigenvalue weighted by Gasteiger charge is 2.33. The van der Waals surface area contributed by atoms with Crippen molar-refractivity contribution in [1.29, 1.82) is 0 Å². The lowest BCUT2D eigenvalue weighted by Crippen LogP contribution is -2.48. The topological polar surface area (TPSA) is 75.4 Å². The Hall–Kier alpha value is -2.63. The molecule has 3 rings (SSSR count). The molecule has 1 saturated heterocycles. The van der Waals surface area contributed by atoms with Gasteiger partial charge in [0.2, 0.25) is 0 Å². The molecule has 0 radical (unpaired) electrons. The van der Waals surface area contributed by atoms with Gasteiger partial charge < -0.3 is 10.0 Å². The highest BCUT2D eigenvalue weighted by Crippen LogP contribution is 2.22. The number of carboxylic acids is 1. The minimum absolute atomic E-state index is 0.251. The zero-order chi connectivity index (χ0) is 17.3. The number of piperidine rings is 1. The predicted octanol–water partition coefficient (Wildman–Crippen LogP) is 2.57. The van der Waals surface area contributed by atoms with E-state index in [9.17, 15) is 14.7 Å². The number of aryl methyl sites for hydroxylation is 1. The molecule has 126 valence electrons. The lowest BCUT2D eigenvalue weighted by Gasteiger charge is -2.32. The Morgan fingerprint density at radius 2 is 2.04 bits per heavy atom. The number of amides is 1. The van der Waals surface area contributed by atoms with E-state index < -0.39 is 12.0 Å². The number of carbonyl (C=O) groups is 2. The number of aliphatic carboxylic acids is 1. The molecule has 1 atom stereocenters. The van der Waals surface area contributed by atoms with Gasteiger partial charge in [0.15, 0.2) is 0 Å². The first-order valence-corrected chi connectivity index (χ1v) is 8.14. The molecule has 0 aliphatic carbocycles. The van der Waals surface area contributed by atoms with Crippen LogP contribution in [0.5, 0.6) is 0 Å². The summed E-state index contributed by atoms with van der Waals surface area (Å²) in [6.45, 7) is 4.31. The van der Waals surface area contributed by atoms with Crippen LogP contribution in [0.2, 0.25) is 0 Å². The van der Waals surface area contributed by atoms with Gasteiger partial charge in [-0.3, -0.25) is 4.79 Å². The first-order valence-electron chi connectivity index (χ1n) is 8.14. The van der Waals surface area contributed by atoms with Gasteiger partial charge in [0, 0.05) is 6.54 Å². The van der Waals surface area contributed by atoms with Crippen LogP contribution in [-0.4, -0.2) is 44.3 Å². The van der Waals surface area contributed by atoms with Crippen LogP contribution in [0.1, 0.15) is 40.9 Å². The van der Waals surface area contributed by atoms with E-state index >= 15 is 0 Å². The highest BCUT2D eigenvalue weighted by atomic mass is 16.4. The second kappa shape index (κ2) is 6.47. The number of nitrogens with zero attached hydrogens (tertiary/aromatic N) is 3. The molecule has 1 unspecified atom stereocenters. The molecule has 24 heavy (non-hydrogen) atoms. The van der Waals surface area contributed by atoms with Crippen LogP contribution >= 0.6 is 0 Å². The van der Waals surface area contributed by atoms with Crippen molar-refractivity contribution in [1.82, 2.24) is 14.7 Å². The van der Waals surface area contributed by atoms with Gasteiger partial charge in [0.25, 0.3) is 5.91 Å². The zero-order valence-electron chi connectivity index (χ0n) is 13.9. The van der Waals surface area contributed by atoms with Crippen molar-refractivity contribution in [2.45, 2.75) is 39.2 Å². The third-order valence-electron chi connectivity index (χ3n) is 4.54.